The van der Waals surface area contributed by atoms with Crippen molar-refractivity contribution in [2.75, 3.05) is 31.1 Å². The second-order valence-corrected chi connectivity index (χ2v) is 5.76. The fourth-order valence-electron chi connectivity index (χ4n) is 2.99. The minimum Gasteiger partial charge on any atom is -0.355 e. The first-order valence-electron chi connectivity index (χ1n) is 6.44. The fraction of sp³-hybridized carbons (Fsp3) is 0.615. The van der Waals surface area contributed by atoms with Crippen LogP contribution in [0.25, 0.3) is 0 Å². The van der Waals surface area contributed by atoms with Gasteiger partial charge in [0.15, 0.2) is 0 Å². The van der Waals surface area contributed by atoms with Crippen LogP contribution >= 0.6 is 15.9 Å². The summed E-state index contributed by atoms with van der Waals surface area (Å²) in [5.74, 6) is 1.12. The van der Waals surface area contributed by atoms with Gasteiger partial charge in [-0.15, -0.1) is 0 Å². The molecule has 0 saturated carbocycles. The molecule has 2 aliphatic rings. The molecule has 0 N–H and O–H groups in total. The topological polar surface area (TPSA) is 19.4 Å². The van der Waals surface area contributed by atoms with Crippen LogP contribution in [0.15, 0.2) is 22.8 Å². The zero-order chi connectivity index (χ0) is 11.7. The minimum atomic E-state index is 0.748. The largest absolute Gasteiger partial charge is 0.355 e. The summed E-state index contributed by atoms with van der Waals surface area (Å²) in [5.41, 5.74) is 0. The SMILES string of the molecule is Brc1cccc(N2CCCN3CCCC3C2)n1. The summed E-state index contributed by atoms with van der Waals surface area (Å²) < 4.78 is 0.933. The maximum atomic E-state index is 4.58. The van der Waals surface area contributed by atoms with Gasteiger partial charge in [0.2, 0.25) is 0 Å². The van der Waals surface area contributed by atoms with Crippen LogP contribution in [0.4, 0.5) is 5.82 Å². The highest BCUT2D eigenvalue weighted by molar-refractivity contribution is 9.10. The normalized spacial score (nSPS) is 25.7. The second-order valence-electron chi connectivity index (χ2n) is 4.95. The molecule has 1 atom stereocenters. The Morgan fingerprint density at radius 3 is 2.94 bits per heavy atom. The van der Waals surface area contributed by atoms with Gasteiger partial charge in [-0.25, -0.2) is 4.98 Å². The number of rotatable bonds is 1. The molecule has 17 heavy (non-hydrogen) atoms. The number of pyridine rings is 1. The molecular formula is C13H18BrN3. The number of halogens is 1. The molecule has 3 nitrogen and oxygen atoms in total. The van der Waals surface area contributed by atoms with E-state index in [2.05, 4.69) is 42.8 Å². The van der Waals surface area contributed by atoms with Crippen molar-refractivity contribution < 1.29 is 0 Å². The molecule has 0 aliphatic carbocycles. The average molecular weight is 296 g/mol. The van der Waals surface area contributed by atoms with Crippen molar-refractivity contribution in [1.29, 1.82) is 0 Å². The first-order valence-corrected chi connectivity index (χ1v) is 7.24. The number of nitrogens with zero attached hydrogens (tertiary/aromatic N) is 3. The van der Waals surface area contributed by atoms with Gasteiger partial charge in [-0.2, -0.15) is 0 Å². The molecule has 2 fully saturated rings. The summed E-state index contributed by atoms with van der Waals surface area (Å²) >= 11 is 3.46. The van der Waals surface area contributed by atoms with E-state index >= 15 is 0 Å². The Bertz CT molecular complexity index is 396. The Morgan fingerprint density at radius 1 is 1.18 bits per heavy atom. The van der Waals surface area contributed by atoms with Crippen LogP contribution < -0.4 is 4.90 Å². The smallest absolute Gasteiger partial charge is 0.129 e. The van der Waals surface area contributed by atoms with Crippen LogP contribution in [0.1, 0.15) is 19.3 Å². The maximum absolute atomic E-state index is 4.58. The average Bonchev–Trinajstić information content (AvgIpc) is 2.66. The zero-order valence-corrected chi connectivity index (χ0v) is 11.6. The molecule has 0 spiro atoms. The van der Waals surface area contributed by atoms with Gasteiger partial charge < -0.3 is 4.90 Å². The Morgan fingerprint density at radius 2 is 2.06 bits per heavy atom. The molecule has 0 bridgehead atoms. The molecule has 1 unspecified atom stereocenters. The summed E-state index contributed by atoms with van der Waals surface area (Å²) in [4.78, 5) is 9.67. The van der Waals surface area contributed by atoms with Crippen LogP contribution in [0.5, 0.6) is 0 Å². The predicted octanol–water partition coefficient (Wildman–Crippen LogP) is 2.52. The zero-order valence-electron chi connectivity index (χ0n) is 9.98. The van der Waals surface area contributed by atoms with E-state index < -0.39 is 0 Å². The van der Waals surface area contributed by atoms with Gasteiger partial charge in [-0.3, -0.25) is 4.90 Å². The lowest BCUT2D eigenvalue weighted by molar-refractivity contribution is 0.273. The number of hydrogen-bond acceptors (Lipinski definition) is 3. The first kappa shape index (κ1) is 11.5. The van der Waals surface area contributed by atoms with E-state index in [1.54, 1.807) is 0 Å². The van der Waals surface area contributed by atoms with Crippen LogP contribution in [-0.2, 0) is 0 Å². The van der Waals surface area contributed by atoms with Gasteiger partial charge in [-0.05, 0) is 53.9 Å². The van der Waals surface area contributed by atoms with E-state index in [0.717, 1.165) is 29.6 Å². The van der Waals surface area contributed by atoms with Crippen molar-refractivity contribution in [3.8, 4) is 0 Å². The Kier molecular flexibility index (Phi) is 3.34. The third kappa shape index (κ3) is 2.47. The van der Waals surface area contributed by atoms with E-state index in [0.29, 0.717) is 0 Å². The lowest BCUT2D eigenvalue weighted by Gasteiger charge is -2.26. The Labute approximate surface area is 111 Å². The van der Waals surface area contributed by atoms with E-state index in [-0.39, 0.29) is 0 Å². The standard InChI is InChI=1S/C13H18BrN3/c14-12-5-1-6-13(15-12)17-9-3-8-16-7-2-4-11(16)10-17/h1,5-6,11H,2-4,7-10H2. The molecule has 92 valence electrons. The van der Waals surface area contributed by atoms with E-state index in [1.807, 2.05) is 6.07 Å². The molecule has 0 aromatic carbocycles. The van der Waals surface area contributed by atoms with Gasteiger partial charge in [-0.1, -0.05) is 6.07 Å². The van der Waals surface area contributed by atoms with E-state index in [9.17, 15) is 0 Å². The van der Waals surface area contributed by atoms with Gasteiger partial charge >= 0.3 is 0 Å². The highest BCUT2D eigenvalue weighted by Gasteiger charge is 2.28. The first-order chi connectivity index (χ1) is 8.33. The molecule has 3 rings (SSSR count). The quantitative estimate of drug-likeness (QED) is 0.742. The molecule has 3 heterocycles. The molecule has 0 amide bonds. The summed E-state index contributed by atoms with van der Waals surface area (Å²) in [6.07, 6.45) is 3.97. The lowest BCUT2D eigenvalue weighted by atomic mass is 10.2. The van der Waals surface area contributed by atoms with Crippen molar-refractivity contribution in [2.24, 2.45) is 0 Å². The van der Waals surface area contributed by atoms with Crippen LogP contribution in [0.3, 0.4) is 0 Å². The van der Waals surface area contributed by atoms with Crippen LogP contribution in [0, 0.1) is 0 Å². The van der Waals surface area contributed by atoms with Gasteiger partial charge in [0.05, 0.1) is 0 Å². The van der Waals surface area contributed by atoms with E-state index in [1.165, 1.54) is 32.4 Å². The van der Waals surface area contributed by atoms with Crippen molar-refractivity contribution >= 4 is 21.7 Å². The minimum absolute atomic E-state index is 0.748. The van der Waals surface area contributed by atoms with Crippen molar-refractivity contribution in [3.63, 3.8) is 0 Å². The molecule has 1 aromatic heterocycles. The summed E-state index contributed by atoms with van der Waals surface area (Å²) in [7, 11) is 0. The summed E-state index contributed by atoms with van der Waals surface area (Å²) in [6.45, 7) is 4.83. The third-order valence-corrected chi connectivity index (χ3v) is 4.27. The fourth-order valence-corrected chi connectivity index (χ4v) is 3.32. The number of fused-ring (bicyclic) bond motifs is 1. The Hall–Kier alpha value is -0.610. The molecule has 0 radical (unpaired) electrons. The van der Waals surface area contributed by atoms with Gasteiger partial charge in [0, 0.05) is 25.7 Å². The maximum Gasteiger partial charge on any atom is 0.129 e. The van der Waals surface area contributed by atoms with Crippen molar-refractivity contribution in [2.45, 2.75) is 25.3 Å². The lowest BCUT2D eigenvalue weighted by Crippen LogP contribution is -2.36. The molecule has 2 saturated heterocycles. The third-order valence-electron chi connectivity index (χ3n) is 3.83. The van der Waals surface area contributed by atoms with Crippen LogP contribution in [0.2, 0.25) is 0 Å². The molecular weight excluding hydrogens is 278 g/mol. The highest BCUT2D eigenvalue weighted by atomic mass is 79.9. The molecule has 4 heteroatoms. The summed E-state index contributed by atoms with van der Waals surface area (Å²) in [5, 5.41) is 0. The summed E-state index contributed by atoms with van der Waals surface area (Å²) in [6, 6.07) is 6.93. The van der Waals surface area contributed by atoms with Crippen LogP contribution in [-0.4, -0.2) is 42.1 Å². The second kappa shape index (κ2) is 4.94. The van der Waals surface area contributed by atoms with Crippen molar-refractivity contribution in [1.82, 2.24) is 9.88 Å². The Balaban J connectivity index is 1.78. The van der Waals surface area contributed by atoms with Gasteiger partial charge in [0.25, 0.3) is 0 Å². The number of aromatic nitrogens is 1. The monoisotopic (exact) mass is 295 g/mol. The number of hydrogen-bond donors (Lipinski definition) is 0. The highest BCUT2D eigenvalue weighted by Crippen LogP contribution is 2.24. The molecule has 2 aliphatic heterocycles. The number of anilines is 1. The molecule has 1 aromatic rings. The van der Waals surface area contributed by atoms with Gasteiger partial charge in [0.1, 0.15) is 10.4 Å². The predicted molar refractivity (Wildman–Crippen MR) is 73.4 cm³/mol. The van der Waals surface area contributed by atoms with Crippen molar-refractivity contribution in [3.05, 3.63) is 22.8 Å². The van der Waals surface area contributed by atoms with E-state index in [4.69, 9.17) is 0 Å².